The third-order valence-electron chi connectivity index (χ3n) is 4.20. The molecular formula is C20H12N4S2. The lowest BCUT2D eigenvalue weighted by atomic mass is 10.0. The third-order valence-corrected chi connectivity index (χ3v) is 6.80. The molecule has 3 aromatic rings. The first-order valence-electron chi connectivity index (χ1n) is 7.99. The summed E-state index contributed by atoms with van der Waals surface area (Å²) in [5.41, 5.74) is 0.124. The molecule has 4 nitrogen and oxygen atoms in total. The van der Waals surface area contributed by atoms with E-state index in [2.05, 4.69) is 0 Å². The van der Waals surface area contributed by atoms with Gasteiger partial charge >= 0.3 is 0 Å². The maximum atomic E-state index is 9.49. The molecule has 0 amide bonds. The van der Waals surface area contributed by atoms with E-state index in [0.717, 1.165) is 42.8 Å². The maximum absolute atomic E-state index is 9.49. The Balaban J connectivity index is 2.87. The van der Waals surface area contributed by atoms with Gasteiger partial charge in [-0.15, -0.1) is 22.7 Å². The van der Waals surface area contributed by atoms with Crippen molar-refractivity contribution in [2.75, 3.05) is 0 Å². The molecule has 0 spiro atoms. The molecule has 26 heavy (non-hydrogen) atoms. The highest BCUT2D eigenvalue weighted by Crippen LogP contribution is 2.29. The second-order valence-corrected chi connectivity index (χ2v) is 7.84. The van der Waals surface area contributed by atoms with E-state index in [1.54, 1.807) is 0 Å². The van der Waals surface area contributed by atoms with Crippen LogP contribution >= 0.6 is 22.7 Å². The fourth-order valence-corrected chi connectivity index (χ4v) is 5.33. The molecule has 0 N–H and O–H groups in total. The summed E-state index contributed by atoms with van der Waals surface area (Å²) in [5.74, 6) is 0. The van der Waals surface area contributed by atoms with Crippen LogP contribution in [0.2, 0.25) is 0 Å². The van der Waals surface area contributed by atoms with Crippen LogP contribution in [0.25, 0.3) is 31.3 Å². The standard InChI is InChI=1S/C20H12N4S2/c1-3-13-5-15-17(11(7-21)8-22)20-16(6-14(4-2)26-20)18(19(15)25-13)12(9-23)10-24/h5-6H,3-4H2,1-2H3. The van der Waals surface area contributed by atoms with Crippen molar-refractivity contribution >= 4 is 54.0 Å². The number of thiophene rings is 2. The van der Waals surface area contributed by atoms with Crippen molar-refractivity contribution in [3.63, 3.8) is 0 Å². The molecule has 0 unspecified atom stereocenters. The van der Waals surface area contributed by atoms with E-state index >= 15 is 0 Å². The highest BCUT2D eigenvalue weighted by molar-refractivity contribution is 7.20. The van der Waals surface area contributed by atoms with Gasteiger partial charge in [-0.2, -0.15) is 21.0 Å². The lowest BCUT2D eigenvalue weighted by molar-refractivity contribution is 1.19. The number of rotatable bonds is 2. The number of aryl methyl sites for hydroxylation is 2. The van der Waals surface area contributed by atoms with Crippen molar-refractivity contribution < 1.29 is 0 Å². The minimum atomic E-state index is 0.0620. The van der Waals surface area contributed by atoms with E-state index in [1.807, 2.05) is 50.3 Å². The SMILES string of the molecule is CCc1cc2c(=C(C#N)C#N)c3sc(CC)cc3c(=C(C#N)C#N)c2s1. The van der Waals surface area contributed by atoms with Crippen LogP contribution in [-0.4, -0.2) is 0 Å². The summed E-state index contributed by atoms with van der Waals surface area (Å²) in [5, 5.41) is 40.7. The number of nitrogens with zero attached hydrogens (tertiary/aromatic N) is 4. The average Bonchev–Trinajstić information content (AvgIpc) is 3.28. The quantitative estimate of drug-likeness (QED) is 0.686. The van der Waals surface area contributed by atoms with Crippen LogP contribution in [-0.2, 0) is 12.8 Å². The lowest BCUT2D eigenvalue weighted by Crippen LogP contribution is -2.15. The molecule has 124 valence electrons. The van der Waals surface area contributed by atoms with Gasteiger partial charge in [-0.25, -0.2) is 0 Å². The minimum absolute atomic E-state index is 0.0620. The zero-order valence-electron chi connectivity index (χ0n) is 14.2. The van der Waals surface area contributed by atoms with Crippen LogP contribution in [0, 0.1) is 45.3 Å². The predicted octanol–water partition coefficient (Wildman–Crippen LogP) is 3.64. The first kappa shape index (κ1) is 17.7. The van der Waals surface area contributed by atoms with E-state index in [4.69, 9.17) is 0 Å². The van der Waals surface area contributed by atoms with E-state index in [1.165, 1.54) is 22.7 Å². The molecule has 0 atom stereocenters. The Morgan fingerprint density at radius 3 is 1.35 bits per heavy atom. The molecule has 6 heteroatoms. The molecule has 2 aromatic heterocycles. The summed E-state index contributed by atoms with van der Waals surface area (Å²) in [6.45, 7) is 4.06. The van der Waals surface area contributed by atoms with Gasteiger partial charge in [0.2, 0.25) is 0 Å². The van der Waals surface area contributed by atoms with Gasteiger partial charge in [0.15, 0.2) is 0 Å². The molecule has 0 saturated heterocycles. The first-order chi connectivity index (χ1) is 12.6. The largest absolute Gasteiger partial charge is 0.192 e. The monoisotopic (exact) mass is 372 g/mol. The van der Waals surface area contributed by atoms with Crippen molar-refractivity contribution in [1.82, 2.24) is 0 Å². The zero-order chi connectivity index (χ0) is 18.8. The van der Waals surface area contributed by atoms with Gasteiger partial charge in [0.25, 0.3) is 0 Å². The smallest absolute Gasteiger partial charge is 0.138 e. The predicted molar refractivity (Wildman–Crippen MR) is 104 cm³/mol. The van der Waals surface area contributed by atoms with Gasteiger partial charge in [-0.1, -0.05) is 13.8 Å². The number of benzene rings is 1. The molecule has 2 heterocycles. The molecule has 0 aliphatic rings. The molecule has 0 fully saturated rings. The first-order valence-corrected chi connectivity index (χ1v) is 9.62. The summed E-state index contributed by atoms with van der Waals surface area (Å²) in [6.07, 6.45) is 1.60. The summed E-state index contributed by atoms with van der Waals surface area (Å²) in [7, 11) is 0. The summed E-state index contributed by atoms with van der Waals surface area (Å²) < 4.78 is 1.59. The highest BCUT2D eigenvalue weighted by Gasteiger charge is 2.17. The molecule has 0 saturated carbocycles. The number of hydrogen-bond donors (Lipinski definition) is 0. The van der Waals surface area contributed by atoms with Gasteiger partial charge in [0, 0.05) is 40.4 Å². The topological polar surface area (TPSA) is 95.2 Å². The summed E-state index contributed by atoms with van der Waals surface area (Å²) in [4.78, 5) is 2.17. The highest BCUT2D eigenvalue weighted by atomic mass is 32.1. The van der Waals surface area contributed by atoms with Crippen molar-refractivity contribution in [2.24, 2.45) is 0 Å². The van der Waals surface area contributed by atoms with Gasteiger partial charge in [-0.05, 0) is 25.0 Å². The van der Waals surface area contributed by atoms with E-state index in [0.29, 0.717) is 10.4 Å². The molecule has 3 rings (SSSR count). The normalized spacial score (nSPS) is 10.1. The Morgan fingerprint density at radius 1 is 0.731 bits per heavy atom. The Hall–Kier alpha value is -3.16. The van der Waals surface area contributed by atoms with Gasteiger partial charge in [-0.3, -0.25) is 0 Å². The van der Waals surface area contributed by atoms with Crippen LogP contribution in [0.4, 0.5) is 0 Å². The van der Waals surface area contributed by atoms with Gasteiger partial charge in [0.1, 0.15) is 35.4 Å². The molecule has 0 aliphatic heterocycles. The fourth-order valence-electron chi connectivity index (χ4n) is 2.99. The summed E-state index contributed by atoms with van der Waals surface area (Å²) in [6, 6.07) is 12.0. The van der Waals surface area contributed by atoms with Crippen molar-refractivity contribution in [1.29, 1.82) is 21.0 Å². The van der Waals surface area contributed by atoms with Crippen molar-refractivity contribution in [2.45, 2.75) is 26.7 Å². The molecule has 1 aromatic carbocycles. The minimum Gasteiger partial charge on any atom is -0.192 e. The second kappa shape index (κ2) is 6.99. The Morgan fingerprint density at radius 2 is 1.08 bits per heavy atom. The number of fused-ring (bicyclic) bond motifs is 2. The average molecular weight is 372 g/mol. The lowest BCUT2D eigenvalue weighted by Gasteiger charge is -1.99. The number of hydrogen-bond acceptors (Lipinski definition) is 6. The van der Waals surface area contributed by atoms with E-state index in [9.17, 15) is 21.0 Å². The van der Waals surface area contributed by atoms with Crippen LogP contribution < -0.4 is 10.4 Å². The molecule has 0 aliphatic carbocycles. The zero-order valence-corrected chi connectivity index (χ0v) is 15.8. The Bertz CT molecular complexity index is 1150. The van der Waals surface area contributed by atoms with Crippen LogP contribution in [0.5, 0.6) is 0 Å². The molecule has 0 radical (unpaired) electrons. The van der Waals surface area contributed by atoms with E-state index in [-0.39, 0.29) is 11.1 Å². The van der Waals surface area contributed by atoms with Crippen LogP contribution in [0.3, 0.4) is 0 Å². The Labute approximate surface area is 158 Å². The maximum Gasteiger partial charge on any atom is 0.138 e. The third kappa shape index (κ3) is 2.54. The fraction of sp³-hybridized carbons (Fsp3) is 0.200. The van der Waals surface area contributed by atoms with E-state index < -0.39 is 0 Å². The van der Waals surface area contributed by atoms with Crippen molar-refractivity contribution in [3.8, 4) is 24.3 Å². The summed E-state index contributed by atoms with van der Waals surface area (Å²) >= 11 is 3.03. The van der Waals surface area contributed by atoms with Gasteiger partial charge in [0.05, 0.1) is 0 Å². The Kier molecular flexibility index (Phi) is 4.75. The van der Waals surface area contributed by atoms with Crippen LogP contribution in [0.15, 0.2) is 12.1 Å². The number of nitriles is 4. The van der Waals surface area contributed by atoms with Crippen molar-refractivity contribution in [3.05, 3.63) is 32.3 Å². The van der Waals surface area contributed by atoms with Crippen LogP contribution in [0.1, 0.15) is 23.6 Å². The molecular weight excluding hydrogens is 360 g/mol. The van der Waals surface area contributed by atoms with Gasteiger partial charge < -0.3 is 0 Å². The molecule has 0 bridgehead atoms. The second-order valence-electron chi connectivity index (χ2n) is 5.57.